The third-order valence-electron chi connectivity index (χ3n) is 2.88. The zero-order valence-electron chi connectivity index (χ0n) is 8.92. The fourth-order valence-electron chi connectivity index (χ4n) is 2.06. The van der Waals surface area contributed by atoms with E-state index in [1.165, 1.54) is 38.9 Å². The molecule has 0 spiro atoms. The molecule has 0 saturated heterocycles. The molecule has 2 nitrogen and oxygen atoms in total. The summed E-state index contributed by atoms with van der Waals surface area (Å²) in [5, 5.41) is 3.34. The van der Waals surface area contributed by atoms with Crippen molar-refractivity contribution in [3.8, 4) is 5.75 Å². The number of hydrogen-bond donors (Lipinski definition) is 1. The average Bonchev–Trinajstić information content (AvgIpc) is 2.71. The van der Waals surface area contributed by atoms with E-state index in [9.17, 15) is 4.39 Å². The number of nitrogens with one attached hydrogen (secondary N) is 1. The Labute approximate surface area is 89.4 Å². The second-order valence-corrected chi connectivity index (χ2v) is 3.98. The first-order valence-corrected chi connectivity index (χ1v) is 5.39. The van der Waals surface area contributed by atoms with Gasteiger partial charge < -0.3 is 10.1 Å². The molecule has 1 aliphatic rings. The molecule has 1 aromatic carbocycles. The standard InChI is InChI=1S/C12H16FNO/c1-15-12-7-6-10(8-11(12)13)14-9-4-2-3-5-9/h6-9,14H,2-5H2,1H3. The Kier molecular flexibility index (Phi) is 3.09. The number of ether oxygens (including phenoxy) is 1. The van der Waals surface area contributed by atoms with Gasteiger partial charge in [-0.15, -0.1) is 0 Å². The molecule has 15 heavy (non-hydrogen) atoms. The maximum absolute atomic E-state index is 13.4. The van der Waals surface area contributed by atoms with E-state index in [2.05, 4.69) is 5.32 Å². The summed E-state index contributed by atoms with van der Waals surface area (Å²) < 4.78 is 18.2. The zero-order chi connectivity index (χ0) is 10.7. The van der Waals surface area contributed by atoms with Crippen LogP contribution in [0.5, 0.6) is 5.75 Å². The Hall–Kier alpha value is -1.25. The lowest BCUT2D eigenvalue weighted by molar-refractivity contribution is 0.386. The summed E-state index contributed by atoms with van der Waals surface area (Å²) in [6, 6.07) is 5.53. The van der Waals surface area contributed by atoms with E-state index >= 15 is 0 Å². The fourth-order valence-corrected chi connectivity index (χ4v) is 2.06. The molecule has 1 aromatic rings. The monoisotopic (exact) mass is 209 g/mol. The van der Waals surface area contributed by atoms with Crippen LogP contribution in [0, 0.1) is 5.82 Å². The maximum atomic E-state index is 13.4. The van der Waals surface area contributed by atoms with Crippen LogP contribution in [0.3, 0.4) is 0 Å². The molecule has 0 radical (unpaired) electrons. The number of benzene rings is 1. The van der Waals surface area contributed by atoms with Crippen molar-refractivity contribution in [2.24, 2.45) is 0 Å². The van der Waals surface area contributed by atoms with Crippen LogP contribution in [-0.2, 0) is 0 Å². The topological polar surface area (TPSA) is 21.3 Å². The van der Waals surface area contributed by atoms with Gasteiger partial charge in [-0.1, -0.05) is 12.8 Å². The number of methoxy groups -OCH3 is 1. The van der Waals surface area contributed by atoms with Crippen LogP contribution < -0.4 is 10.1 Å². The fraction of sp³-hybridized carbons (Fsp3) is 0.500. The molecule has 0 bridgehead atoms. The largest absolute Gasteiger partial charge is 0.494 e. The average molecular weight is 209 g/mol. The van der Waals surface area contributed by atoms with E-state index in [1.54, 1.807) is 6.07 Å². The van der Waals surface area contributed by atoms with Gasteiger partial charge in [0.05, 0.1) is 7.11 Å². The summed E-state index contributed by atoms with van der Waals surface area (Å²) >= 11 is 0. The van der Waals surface area contributed by atoms with Crippen molar-refractivity contribution in [2.45, 2.75) is 31.7 Å². The predicted molar refractivity (Wildman–Crippen MR) is 58.8 cm³/mol. The van der Waals surface area contributed by atoms with Gasteiger partial charge in [0.2, 0.25) is 0 Å². The van der Waals surface area contributed by atoms with E-state index in [0.717, 1.165) is 5.69 Å². The van der Waals surface area contributed by atoms with Gasteiger partial charge >= 0.3 is 0 Å². The lowest BCUT2D eigenvalue weighted by Gasteiger charge is -2.14. The first-order chi connectivity index (χ1) is 7.29. The van der Waals surface area contributed by atoms with E-state index in [0.29, 0.717) is 11.8 Å². The SMILES string of the molecule is COc1ccc(NC2CCCC2)cc1F. The van der Waals surface area contributed by atoms with Crippen LogP contribution in [0.15, 0.2) is 18.2 Å². The van der Waals surface area contributed by atoms with Gasteiger partial charge in [0, 0.05) is 17.8 Å². The van der Waals surface area contributed by atoms with Crippen molar-refractivity contribution in [3.05, 3.63) is 24.0 Å². The van der Waals surface area contributed by atoms with Gasteiger partial charge in [0.15, 0.2) is 11.6 Å². The molecule has 82 valence electrons. The van der Waals surface area contributed by atoms with E-state index < -0.39 is 0 Å². The molecule has 1 aliphatic carbocycles. The number of halogens is 1. The minimum atomic E-state index is -0.305. The summed E-state index contributed by atoms with van der Waals surface area (Å²) in [5.74, 6) is -0.00697. The van der Waals surface area contributed by atoms with Crippen LogP contribution in [0.1, 0.15) is 25.7 Å². The van der Waals surface area contributed by atoms with Crippen molar-refractivity contribution in [1.29, 1.82) is 0 Å². The molecule has 0 amide bonds. The molecular formula is C12H16FNO. The Morgan fingerprint density at radius 1 is 1.33 bits per heavy atom. The number of hydrogen-bond acceptors (Lipinski definition) is 2. The zero-order valence-corrected chi connectivity index (χ0v) is 8.92. The van der Waals surface area contributed by atoms with E-state index in [1.807, 2.05) is 6.07 Å². The van der Waals surface area contributed by atoms with Gasteiger partial charge in [-0.05, 0) is 25.0 Å². The van der Waals surface area contributed by atoms with Gasteiger partial charge in [0.25, 0.3) is 0 Å². The minimum Gasteiger partial charge on any atom is -0.494 e. The van der Waals surface area contributed by atoms with Crippen molar-refractivity contribution in [2.75, 3.05) is 12.4 Å². The van der Waals surface area contributed by atoms with Crippen molar-refractivity contribution >= 4 is 5.69 Å². The molecule has 1 saturated carbocycles. The lowest BCUT2D eigenvalue weighted by atomic mass is 10.2. The van der Waals surface area contributed by atoms with Crippen LogP contribution in [0.25, 0.3) is 0 Å². The highest BCUT2D eigenvalue weighted by Crippen LogP contribution is 2.25. The van der Waals surface area contributed by atoms with Crippen molar-refractivity contribution < 1.29 is 9.13 Å². The second-order valence-electron chi connectivity index (χ2n) is 3.98. The summed E-state index contributed by atoms with van der Waals surface area (Å²) in [4.78, 5) is 0. The number of rotatable bonds is 3. The first-order valence-electron chi connectivity index (χ1n) is 5.39. The quantitative estimate of drug-likeness (QED) is 0.825. The van der Waals surface area contributed by atoms with E-state index in [4.69, 9.17) is 4.74 Å². The second kappa shape index (κ2) is 4.51. The molecular weight excluding hydrogens is 193 g/mol. The highest BCUT2D eigenvalue weighted by Gasteiger charge is 2.14. The number of anilines is 1. The third-order valence-corrected chi connectivity index (χ3v) is 2.88. The molecule has 2 rings (SSSR count). The third kappa shape index (κ3) is 2.41. The van der Waals surface area contributed by atoms with Crippen LogP contribution in [0.4, 0.5) is 10.1 Å². The van der Waals surface area contributed by atoms with Crippen LogP contribution >= 0.6 is 0 Å². The predicted octanol–water partition coefficient (Wildman–Crippen LogP) is 3.19. The Bertz CT molecular complexity index is 334. The lowest BCUT2D eigenvalue weighted by Crippen LogP contribution is -2.14. The van der Waals surface area contributed by atoms with Gasteiger partial charge in [-0.25, -0.2) is 4.39 Å². The van der Waals surface area contributed by atoms with Crippen LogP contribution in [-0.4, -0.2) is 13.2 Å². The molecule has 1 fully saturated rings. The Morgan fingerprint density at radius 3 is 2.67 bits per heavy atom. The van der Waals surface area contributed by atoms with Gasteiger partial charge in [-0.2, -0.15) is 0 Å². The van der Waals surface area contributed by atoms with Gasteiger partial charge in [-0.3, -0.25) is 0 Å². The van der Waals surface area contributed by atoms with E-state index in [-0.39, 0.29) is 5.82 Å². The van der Waals surface area contributed by atoms with Gasteiger partial charge in [0.1, 0.15) is 0 Å². The molecule has 0 unspecified atom stereocenters. The van der Waals surface area contributed by atoms with Crippen LogP contribution in [0.2, 0.25) is 0 Å². The summed E-state index contributed by atoms with van der Waals surface area (Å²) in [5.41, 5.74) is 0.847. The maximum Gasteiger partial charge on any atom is 0.167 e. The molecule has 0 aromatic heterocycles. The Balaban J connectivity index is 2.05. The highest BCUT2D eigenvalue weighted by molar-refractivity contribution is 5.48. The summed E-state index contributed by atoms with van der Waals surface area (Å²) in [6.07, 6.45) is 4.92. The van der Waals surface area contributed by atoms with Crippen molar-refractivity contribution in [3.63, 3.8) is 0 Å². The molecule has 0 atom stereocenters. The highest BCUT2D eigenvalue weighted by atomic mass is 19.1. The van der Waals surface area contributed by atoms with Crippen molar-refractivity contribution in [1.82, 2.24) is 0 Å². The molecule has 3 heteroatoms. The smallest absolute Gasteiger partial charge is 0.167 e. The minimum absolute atomic E-state index is 0.298. The molecule has 0 heterocycles. The summed E-state index contributed by atoms with van der Waals surface area (Å²) in [6.45, 7) is 0. The first kappa shape index (κ1) is 10.3. The summed E-state index contributed by atoms with van der Waals surface area (Å²) in [7, 11) is 1.47. The normalized spacial score (nSPS) is 16.7. The Morgan fingerprint density at radius 2 is 2.07 bits per heavy atom. The molecule has 0 aliphatic heterocycles. The molecule has 1 N–H and O–H groups in total.